The molecule has 1 saturated carbocycles. The van der Waals surface area contributed by atoms with Crippen molar-refractivity contribution in [3.63, 3.8) is 0 Å². The van der Waals surface area contributed by atoms with Crippen LogP contribution in [0.3, 0.4) is 0 Å². The van der Waals surface area contributed by atoms with Crippen molar-refractivity contribution in [3.8, 4) is 0 Å². The van der Waals surface area contributed by atoms with Gasteiger partial charge in [0.2, 0.25) is 0 Å². The first kappa shape index (κ1) is 16.8. The third-order valence-corrected chi connectivity index (χ3v) is 4.30. The van der Waals surface area contributed by atoms with Gasteiger partial charge in [-0.05, 0) is 18.4 Å². The molecule has 0 heterocycles. The maximum absolute atomic E-state index is 12.3. The number of methoxy groups -OCH3 is 1. The minimum atomic E-state index is -0.198. The Balaban J connectivity index is 1.93. The van der Waals surface area contributed by atoms with Crippen LogP contribution in [0.4, 0.5) is 4.79 Å². The highest BCUT2D eigenvalue weighted by atomic mass is 16.5. The number of carbonyl (C=O) groups excluding carboxylic acids is 1. The highest BCUT2D eigenvalue weighted by molar-refractivity contribution is 5.74. The van der Waals surface area contributed by atoms with Crippen LogP contribution in [-0.4, -0.2) is 37.5 Å². The minimum absolute atomic E-state index is 0.0534. The van der Waals surface area contributed by atoms with Crippen LogP contribution in [0.25, 0.3) is 0 Å². The number of aliphatic hydroxyl groups is 1. The Kier molecular flexibility index (Phi) is 6.68. The first-order valence-corrected chi connectivity index (χ1v) is 7.96. The van der Waals surface area contributed by atoms with Gasteiger partial charge in [0, 0.05) is 25.7 Å². The standard InChI is InChI=1S/C17H26N2O3/c1-22-12-16(13-7-3-2-4-8-13)19-17(21)18-15-10-6-5-9-14(15)11-20/h2-4,7-8,14-16,20H,5-6,9-12H2,1H3,(H2,18,19,21). The number of rotatable bonds is 6. The Hall–Kier alpha value is -1.59. The van der Waals surface area contributed by atoms with Gasteiger partial charge in [-0.2, -0.15) is 0 Å². The van der Waals surface area contributed by atoms with E-state index in [2.05, 4.69) is 10.6 Å². The molecule has 22 heavy (non-hydrogen) atoms. The van der Waals surface area contributed by atoms with E-state index in [1.54, 1.807) is 7.11 Å². The number of urea groups is 1. The molecule has 2 amide bonds. The summed E-state index contributed by atoms with van der Waals surface area (Å²) in [5.41, 5.74) is 1.02. The van der Waals surface area contributed by atoms with Gasteiger partial charge in [0.15, 0.2) is 0 Å². The molecule has 1 fully saturated rings. The van der Waals surface area contributed by atoms with E-state index in [1.165, 1.54) is 0 Å². The second-order valence-electron chi connectivity index (χ2n) is 5.87. The topological polar surface area (TPSA) is 70.6 Å². The molecule has 122 valence electrons. The number of nitrogens with one attached hydrogen (secondary N) is 2. The SMILES string of the molecule is COCC(NC(=O)NC1CCCCC1CO)c1ccccc1. The van der Waals surface area contributed by atoms with Crippen molar-refractivity contribution < 1.29 is 14.6 Å². The number of carbonyl (C=O) groups is 1. The molecule has 1 aliphatic rings. The van der Waals surface area contributed by atoms with E-state index in [4.69, 9.17) is 4.74 Å². The smallest absolute Gasteiger partial charge is 0.315 e. The number of aliphatic hydroxyl groups excluding tert-OH is 1. The van der Waals surface area contributed by atoms with Gasteiger partial charge in [-0.3, -0.25) is 0 Å². The Bertz CT molecular complexity index is 452. The molecule has 0 aliphatic heterocycles. The molecule has 1 aliphatic carbocycles. The molecular weight excluding hydrogens is 280 g/mol. The maximum atomic E-state index is 12.3. The Morgan fingerprint density at radius 3 is 2.73 bits per heavy atom. The number of ether oxygens (including phenoxy) is 1. The summed E-state index contributed by atoms with van der Waals surface area (Å²) in [6, 6.07) is 9.46. The van der Waals surface area contributed by atoms with Gasteiger partial charge in [-0.15, -0.1) is 0 Å². The lowest BCUT2D eigenvalue weighted by Crippen LogP contribution is -2.48. The van der Waals surface area contributed by atoms with E-state index in [1.807, 2.05) is 30.3 Å². The summed E-state index contributed by atoms with van der Waals surface area (Å²) in [6.07, 6.45) is 4.13. The third-order valence-electron chi connectivity index (χ3n) is 4.30. The molecule has 3 N–H and O–H groups in total. The highest BCUT2D eigenvalue weighted by Crippen LogP contribution is 2.24. The van der Waals surface area contributed by atoms with Gasteiger partial charge in [0.1, 0.15) is 0 Å². The maximum Gasteiger partial charge on any atom is 0.315 e. The summed E-state index contributed by atoms with van der Waals surface area (Å²) < 4.78 is 5.21. The summed E-state index contributed by atoms with van der Waals surface area (Å²) in [6.45, 7) is 0.552. The molecule has 0 spiro atoms. The summed E-state index contributed by atoms with van der Waals surface area (Å²) in [4.78, 5) is 12.3. The average molecular weight is 306 g/mol. The van der Waals surface area contributed by atoms with Crippen molar-refractivity contribution in [2.75, 3.05) is 20.3 Å². The van der Waals surface area contributed by atoms with Crippen LogP contribution in [0.2, 0.25) is 0 Å². The van der Waals surface area contributed by atoms with Crippen LogP contribution in [-0.2, 0) is 4.74 Å². The van der Waals surface area contributed by atoms with Gasteiger partial charge < -0.3 is 20.5 Å². The molecule has 1 aromatic carbocycles. The van der Waals surface area contributed by atoms with Gasteiger partial charge in [-0.1, -0.05) is 43.2 Å². The van der Waals surface area contributed by atoms with E-state index in [0.717, 1.165) is 31.2 Å². The molecule has 3 unspecified atom stereocenters. The van der Waals surface area contributed by atoms with E-state index >= 15 is 0 Å². The number of hydrogen-bond donors (Lipinski definition) is 3. The predicted octanol–water partition coefficient (Wildman–Crippen LogP) is 2.22. The highest BCUT2D eigenvalue weighted by Gasteiger charge is 2.26. The fourth-order valence-electron chi connectivity index (χ4n) is 3.06. The molecule has 0 saturated heterocycles. The number of hydrogen-bond acceptors (Lipinski definition) is 3. The lowest BCUT2D eigenvalue weighted by molar-refractivity contribution is 0.147. The monoisotopic (exact) mass is 306 g/mol. The zero-order valence-electron chi connectivity index (χ0n) is 13.1. The zero-order valence-corrected chi connectivity index (χ0v) is 13.1. The average Bonchev–Trinajstić information content (AvgIpc) is 2.56. The first-order valence-electron chi connectivity index (χ1n) is 7.96. The van der Waals surface area contributed by atoms with Crippen LogP contribution in [0.5, 0.6) is 0 Å². The molecule has 5 heteroatoms. The zero-order chi connectivity index (χ0) is 15.8. The Morgan fingerprint density at radius 2 is 2.05 bits per heavy atom. The fourth-order valence-corrected chi connectivity index (χ4v) is 3.06. The third kappa shape index (κ3) is 4.71. The van der Waals surface area contributed by atoms with E-state index in [0.29, 0.717) is 6.61 Å². The second-order valence-corrected chi connectivity index (χ2v) is 5.87. The normalized spacial score (nSPS) is 22.8. The summed E-state index contributed by atoms with van der Waals surface area (Å²) in [5, 5.41) is 15.4. The molecule has 3 atom stereocenters. The molecule has 0 aromatic heterocycles. The molecule has 0 radical (unpaired) electrons. The lowest BCUT2D eigenvalue weighted by Gasteiger charge is -2.31. The lowest BCUT2D eigenvalue weighted by atomic mass is 9.85. The van der Waals surface area contributed by atoms with Gasteiger partial charge in [0.25, 0.3) is 0 Å². The minimum Gasteiger partial charge on any atom is -0.396 e. The van der Waals surface area contributed by atoms with Crippen molar-refractivity contribution in [1.82, 2.24) is 10.6 Å². The van der Waals surface area contributed by atoms with Crippen molar-refractivity contribution in [2.24, 2.45) is 5.92 Å². The van der Waals surface area contributed by atoms with Crippen LogP contribution < -0.4 is 10.6 Å². The molecule has 0 bridgehead atoms. The van der Waals surface area contributed by atoms with Gasteiger partial charge >= 0.3 is 6.03 Å². The van der Waals surface area contributed by atoms with E-state index in [9.17, 15) is 9.90 Å². The molecule has 5 nitrogen and oxygen atoms in total. The Labute approximate surface area is 132 Å². The fraction of sp³-hybridized carbons (Fsp3) is 0.588. The first-order chi connectivity index (χ1) is 10.7. The summed E-state index contributed by atoms with van der Waals surface area (Å²) in [7, 11) is 1.62. The van der Waals surface area contributed by atoms with Crippen molar-refractivity contribution in [3.05, 3.63) is 35.9 Å². The summed E-state index contributed by atoms with van der Waals surface area (Å²) in [5.74, 6) is 0.164. The molecule has 1 aromatic rings. The van der Waals surface area contributed by atoms with E-state index in [-0.39, 0.29) is 30.6 Å². The molecular formula is C17H26N2O3. The number of amides is 2. The summed E-state index contributed by atoms with van der Waals surface area (Å²) >= 11 is 0. The van der Waals surface area contributed by atoms with Crippen LogP contribution in [0.15, 0.2) is 30.3 Å². The van der Waals surface area contributed by atoms with Gasteiger partial charge in [0.05, 0.1) is 12.6 Å². The Morgan fingerprint density at radius 1 is 1.32 bits per heavy atom. The molecule has 2 rings (SSSR count). The van der Waals surface area contributed by atoms with Crippen LogP contribution >= 0.6 is 0 Å². The van der Waals surface area contributed by atoms with Crippen molar-refractivity contribution >= 4 is 6.03 Å². The van der Waals surface area contributed by atoms with Gasteiger partial charge in [-0.25, -0.2) is 4.79 Å². The second kappa shape index (κ2) is 8.76. The predicted molar refractivity (Wildman–Crippen MR) is 85.6 cm³/mol. The van der Waals surface area contributed by atoms with Crippen molar-refractivity contribution in [1.29, 1.82) is 0 Å². The van der Waals surface area contributed by atoms with Crippen molar-refractivity contribution in [2.45, 2.75) is 37.8 Å². The van der Waals surface area contributed by atoms with Crippen LogP contribution in [0, 0.1) is 5.92 Å². The van der Waals surface area contributed by atoms with Crippen LogP contribution in [0.1, 0.15) is 37.3 Å². The largest absolute Gasteiger partial charge is 0.396 e. The van der Waals surface area contributed by atoms with E-state index < -0.39 is 0 Å². The quantitative estimate of drug-likeness (QED) is 0.755. The number of benzene rings is 1.